The molecule has 1 heterocycles. The number of carbonyl (C=O) groups excluding carboxylic acids is 1. The first-order valence-electron chi connectivity index (χ1n) is 11.7. The molecular formula is C28H24F3N3O3. The molecule has 0 saturated heterocycles. The van der Waals surface area contributed by atoms with Gasteiger partial charge in [-0.3, -0.25) is 4.79 Å². The van der Waals surface area contributed by atoms with Crippen molar-refractivity contribution >= 4 is 33.7 Å². The second-order valence-corrected chi connectivity index (χ2v) is 8.49. The van der Waals surface area contributed by atoms with Gasteiger partial charge >= 0.3 is 6.18 Å². The van der Waals surface area contributed by atoms with E-state index in [1.165, 1.54) is 12.1 Å². The summed E-state index contributed by atoms with van der Waals surface area (Å²) in [5.41, 5.74) is 2.12. The van der Waals surface area contributed by atoms with Crippen molar-refractivity contribution in [3.05, 3.63) is 90.0 Å². The fourth-order valence-corrected chi connectivity index (χ4v) is 4.30. The topological polar surface area (TPSA) is 71.6 Å². The minimum atomic E-state index is -4.50. The lowest BCUT2D eigenvalue weighted by Gasteiger charge is -2.30. The summed E-state index contributed by atoms with van der Waals surface area (Å²) < 4.78 is 50.2. The molecule has 190 valence electrons. The molecule has 1 amide bonds. The van der Waals surface area contributed by atoms with Crippen molar-refractivity contribution in [2.45, 2.75) is 19.3 Å². The molecule has 0 unspecified atom stereocenters. The van der Waals surface area contributed by atoms with Gasteiger partial charge in [0, 0.05) is 22.4 Å². The molecule has 1 aliphatic rings. The van der Waals surface area contributed by atoms with Gasteiger partial charge in [-0.1, -0.05) is 36.4 Å². The van der Waals surface area contributed by atoms with E-state index in [0.717, 1.165) is 39.8 Å². The average molecular weight is 508 g/mol. The van der Waals surface area contributed by atoms with Crippen LogP contribution in [0.15, 0.2) is 78.9 Å². The van der Waals surface area contributed by atoms with Gasteiger partial charge in [0.25, 0.3) is 5.91 Å². The molecule has 6 nitrogen and oxygen atoms in total. The van der Waals surface area contributed by atoms with Crippen LogP contribution in [0.3, 0.4) is 0 Å². The van der Waals surface area contributed by atoms with E-state index in [9.17, 15) is 18.0 Å². The second kappa shape index (κ2) is 9.93. The van der Waals surface area contributed by atoms with Crippen LogP contribution in [0.25, 0.3) is 10.8 Å². The van der Waals surface area contributed by atoms with Crippen molar-refractivity contribution in [1.82, 2.24) is 0 Å². The van der Waals surface area contributed by atoms with Gasteiger partial charge in [0.15, 0.2) is 18.1 Å². The van der Waals surface area contributed by atoms with Gasteiger partial charge in [-0.2, -0.15) is 13.2 Å². The molecule has 5 rings (SSSR count). The van der Waals surface area contributed by atoms with Crippen molar-refractivity contribution in [1.29, 1.82) is 0 Å². The highest BCUT2D eigenvalue weighted by molar-refractivity contribution is 6.04. The Balaban J connectivity index is 1.29. The van der Waals surface area contributed by atoms with Crippen molar-refractivity contribution < 1.29 is 27.4 Å². The Bertz CT molecular complexity index is 1420. The molecule has 0 fully saturated rings. The number of nitrogens with one attached hydrogen (secondary N) is 3. The molecule has 1 aliphatic heterocycles. The third-order valence-corrected chi connectivity index (χ3v) is 5.94. The van der Waals surface area contributed by atoms with E-state index in [0.29, 0.717) is 18.1 Å². The molecule has 0 aliphatic carbocycles. The van der Waals surface area contributed by atoms with E-state index in [4.69, 9.17) is 9.47 Å². The molecule has 37 heavy (non-hydrogen) atoms. The first-order valence-corrected chi connectivity index (χ1v) is 11.7. The monoisotopic (exact) mass is 507 g/mol. The Morgan fingerprint density at radius 2 is 1.59 bits per heavy atom. The number of ether oxygens (including phenoxy) is 2. The predicted octanol–water partition coefficient (Wildman–Crippen LogP) is 6.81. The number of anilines is 3. The number of amides is 1. The summed E-state index contributed by atoms with van der Waals surface area (Å²) in [5.74, 6) is 0.210. The fourth-order valence-electron chi connectivity index (χ4n) is 4.30. The van der Waals surface area contributed by atoms with Crippen LogP contribution in [0.1, 0.15) is 24.2 Å². The SMILES string of the molecule is CCOc1cc(C2Nc3cccc4cccc(c34)N2)ccc1OCC(=O)Nc1cccc(C(F)(F)F)c1. The van der Waals surface area contributed by atoms with Gasteiger partial charge < -0.3 is 25.4 Å². The maximum Gasteiger partial charge on any atom is 0.416 e. The van der Waals surface area contributed by atoms with Gasteiger partial charge in [-0.05, 0) is 60.3 Å². The summed E-state index contributed by atoms with van der Waals surface area (Å²) in [6.45, 7) is 1.82. The van der Waals surface area contributed by atoms with E-state index >= 15 is 0 Å². The zero-order chi connectivity index (χ0) is 26.0. The molecule has 0 radical (unpaired) electrons. The largest absolute Gasteiger partial charge is 0.490 e. The molecule has 4 aromatic rings. The summed E-state index contributed by atoms with van der Waals surface area (Å²) in [6.07, 6.45) is -4.72. The van der Waals surface area contributed by atoms with Crippen molar-refractivity contribution in [3.63, 3.8) is 0 Å². The van der Waals surface area contributed by atoms with Gasteiger partial charge in [0.1, 0.15) is 6.17 Å². The fraction of sp³-hybridized carbons (Fsp3) is 0.179. The highest BCUT2D eigenvalue weighted by atomic mass is 19.4. The van der Waals surface area contributed by atoms with Gasteiger partial charge in [-0.25, -0.2) is 0 Å². The molecule has 4 aromatic carbocycles. The highest BCUT2D eigenvalue weighted by Crippen LogP contribution is 2.40. The van der Waals surface area contributed by atoms with Gasteiger partial charge in [0.05, 0.1) is 12.2 Å². The van der Waals surface area contributed by atoms with Crippen LogP contribution in [-0.2, 0) is 11.0 Å². The second-order valence-electron chi connectivity index (χ2n) is 8.49. The van der Waals surface area contributed by atoms with E-state index < -0.39 is 24.3 Å². The number of rotatable bonds is 7. The lowest BCUT2D eigenvalue weighted by Crippen LogP contribution is -2.24. The van der Waals surface area contributed by atoms with Crippen LogP contribution in [0.4, 0.5) is 30.2 Å². The molecule has 0 spiro atoms. The first kappa shape index (κ1) is 24.3. The van der Waals surface area contributed by atoms with Crippen molar-refractivity contribution in [2.75, 3.05) is 29.2 Å². The van der Waals surface area contributed by atoms with Gasteiger partial charge in [0.2, 0.25) is 0 Å². The maximum atomic E-state index is 12.9. The minimum absolute atomic E-state index is 0.0357. The number of alkyl halides is 3. The Morgan fingerprint density at radius 3 is 2.27 bits per heavy atom. The smallest absolute Gasteiger partial charge is 0.416 e. The molecule has 3 N–H and O–H groups in total. The number of hydrogen-bond acceptors (Lipinski definition) is 5. The quantitative estimate of drug-likeness (QED) is 0.256. The number of carbonyl (C=O) groups is 1. The van der Waals surface area contributed by atoms with E-state index in [-0.39, 0.29) is 11.9 Å². The molecule has 0 bridgehead atoms. The highest BCUT2D eigenvalue weighted by Gasteiger charge is 2.30. The third kappa shape index (κ3) is 5.25. The van der Waals surface area contributed by atoms with Crippen LogP contribution in [0, 0.1) is 0 Å². The average Bonchev–Trinajstić information content (AvgIpc) is 2.88. The Hall–Kier alpha value is -4.40. The summed E-state index contributed by atoms with van der Waals surface area (Å²) in [4.78, 5) is 12.4. The number of benzene rings is 4. The Morgan fingerprint density at radius 1 is 0.892 bits per heavy atom. The summed E-state index contributed by atoms with van der Waals surface area (Å²) in [6, 6.07) is 22.0. The Labute approximate surface area is 211 Å². The normalized spacial score (nSPS) is 13.0. The lowest BCUT2D eigenvalue weighted by atomic mass is 10.0. The van der Waals surface area contributed by atoms with Crippen molar-refractivity contribution in [3.8, 4) is 11.5 Å². The summed E-state index contributed by atoms with van der Waals surface area (Å²) in [7, 11) is 0. The van der Waals surface area contributed by atoms with Crippen LogP contribution >= 0.6 is 0 Å². The lowest BCUT2D eigenvalue weighted by molar-refractivity contribution is -0.137. The predicted molar refractivity (Wildman–Crippen MR) is 137 cm³/mol. The van der Waals surface area contributed by atoms with E-state index in [2.05, 4.69) is 28.1 Å². The molecular weight excluding hydrogens is 483 g/mol. The number of hydrogen-bond donors (Lipinski definition) is 3. The number of halogens is 3. The molecule has 9 heteroatoms. The van der Waals surface area contributed by atoms with Gasteiger partial charge in [-0.15, -0.1) is 0 Å². The van der Waals surface area contributed by atoms with Crippen LogP contribution in [0.5, 0.6) is 11.5 Å². The van der Waals surface area contributed by atoms with Crippen LogP contribution in [-0.4, -0.2) is 19.1 Å². The molecule has 0 aromatic heterocycles. The zero-order valence-corrected chi connectivity index (χ0v) is 19.9. The van der Waals surface area contributed by atoms with E-state index in [1.54, 1.807) is 6.07 Å². The summed E-state index contributed by atoms with van der Waals surface area (Å²) >= 11 is 0. The van der Waals surface area contributed by atoms with Crippen LogP contribution in [0.2, 0.25) is 0 Å². The zero-order valence-electron chi connectivity index (χ0n) is 19.9. The maximum absolute atomic E-state index is 12.9. The molecule has 0 saturated carbocycles. The third-order valence-electron chi connectivity index (χ3n) is 5.94. The standard InChI is InChI=1S/C28H24F3N3O3/c1-2-36-24-14-18(27-33-21-10-3-6-17-7-4-11-22(34-27)26(17)21)12-13-23(24)37-16-25(35)32-20-9-5-8-19(15-20)28(29,30)31/h3-15,27,33-34H,2,16H2,1H3,(H,32,35). The van der Waals surface area contributed by atoms with Crippen molar-refractivity contribution in [2.24, 2.45) is 0 Å². The first-order chi connectivity index (χ1) is 17.8. The minimum Gasteiger partial charge on any atom is -0.490 e. The summed E-state index contributed by atoms with van der Waals surface area (Å²) in [5, 5.41) is 11.7. The molecule has 0 atom stereocenters. The van der Waals surface area contributed by atoms with Crippen LogP contribution < -0.4 is 25.4 Å². The Kier molecular flexibility index (Phi) is 6.52. The van der Waals surface area contributed by atoms with E-state index in [1.807, 2.05) is 43.3 Å².